The molecule has 5 nitrogen and oxygen atoms in total. The Morgan fingerprint density at radius 1 is 1.13 bits per heavy atom. The standard InChI is InChI=1S/C17H14N2O3S/c18-9-12-5-7-13(8-6-12)11-23-15-4-2-1-3-14(15)17(21)22-10-16(19)20/h1-8H,10-11H2,(H2,19,20). The van der Waals surface area contributed by atoms with E-state index in [0.717, 1.165) is 10.5 Å². The van der Waals surface area contributed by atoms with Crippen LogP contribution in [0.15, 0.2) is 53.4 Å². The van der Waals surface area contributed by atoms with Crippen LogP contribution in [0.2, 0.25) is 0 Å². The largest absolute Gasteiger partial charge is 0.452 e. The van der Waals surface area contributed by atoms with Crippen molar-refractivity contribution in [1.29, 1.82) is 5.26 Å². The van der Waals surface area contributed by atoms with E-state index < -0.39 is 18.5 Å². The predicted molar refractivity (Wildman–Crippen MR) is 86.6 cm³/mol. The SMILES string of the molecule is N#Cc1ccc(CSc2ccccc2C(=O)OCC(N)=O)cc1. The molecule has 0 bridgehead atoms. The van der Waals surface area contributed by atoms with Crippen molar-refractivity contribution in [3.05, 3.63) is 65.2 Å². The Balaban J connectivity index is 2.06. The van der Waals surface area contributed by atoms with Gasteiger partial charge in [0.2, 0.25) is 0 Å². The first-order chi connectivity index (χ1) is 11.1. The Hall–Kier alpha value is -2.78. The van der Waals surface area contributed by atoms with Gasteiger partial charge in [-0.25, -0.2) is 4.79 Å². The number of carbonyl (C=O) groups is 2. The van der Waals surface area contributed by atoms with Crippen molar-refractivity contribution in [3.63, 3.8) is 0 Å². The fourth-order valence-corrected chi connectivity index (χ4v) is 2.81. The van der Waals surface area contributed by atoms with E-state index in [1.165, 1.54) is 11.8 Å². The maximum absolute atomic E-state index is 12.0. The van der Waals surface area contributed by atoms with Gasteiger partial charge in [-0.3, -0.25) is 4.79 Å². The van der Waals surface area contributed by atoms with E-state index in [0.29, 0.717) is 16.9 Å². The van der Waals surface area contributed by atoms with Crippen LogP contribution in [-0.4, -0.2) is 18.5 Å². The van der Waals surface area contributed by atoms with Gasteiger partial charge in [-0.05, 0) is 29.8 Å². The van der Waals surface area contributed by atoms with Crippen molar-refractivity contribution in [1.82, 2.24) is 0 Å². The molecule has 2 N–H and O–H groups in total. The van der Waals surface area contributed by atoms with Crippen LogP contribution in [0, 0.1) is 11.3 Å². The van der Waals surface area contributed by atoms with E-state index in [9.17, 15) is 9.59 Å². The van der Waals surface area contributed by atoms with Gasteiger partial charge in [0.15, 0.2) is 6.61 Å². The highest BCUT2D eigenvalue weighted by Crippen LogP contribution is 2.27. The number of ether oxygens (including phenoxy) is 1. The van der Waals surface area contributed by atoms with E-state index in [1.807, 2.05) is 24.3 Å². The summed E-state index contributed by atoms with van der Waals surface area (Å²) in [5, 5.41) is 8.78. The number of nitriles is 1. The van der Waals surface area contributed by atoms with Crippen molar-refractivity contribution < 1.29 is 14.3 Å². The molecule has 1 amide bonds. The number of nitrogens with two attached hydrogens (primary N) is 1. The average molecular weight is 326 g/mol. The Morgan fingerprint density at radius 2 is 1.83 bits per heavy atom. The molecular formula is C17H14N2O3S. The summed E-state index contributed by atoms with van der Waals surface area (Å²) in [5.74, 6) is -0.626. The summed E-state index contributed by atoms with van der Waals surface area (Å²) in [6, 6.07) is 16.3. The minimum Gasteiger partial charge on any atom is -0.452 e. The third-order valence-corrected chi connectivity index (χ3v) is 4.07. The van der Waals surface area contributed by atoms with Crippen LogP contribution >= 0.6 is 11.8 Å². The van der Waals surface area contributed by atoms with E-state index in [-0.39, 0.29) is 0 Å². The Kier molecular flexibility index (Phi) is 5.78. The lowest BCUT2D eigenvalue weighted by molar-refractivity contribution is -0.121. The Morgan fingerprint density at radius 3 is 2.48 bits per heavy atom. The van der Waals surface area contributed by atoms with E-state index in [4.69, 9.17) is 15.7 Å². The number of esters is 1. The molecule has 0 saturated heterocycles. The number of amides is 1. The minimum absolute atomic E-state index is 0.396. The average Bonchev–Trinajstić information content (AvgIpc) is 2.58. The van der Waals surface area contributed by atoms with E-state index in [2.05, 4.69) is 6.07 Å². The minimum atomic E-state index is -0.693. The molecule has 0 saturated carbocycles. The highest BCUT2D eigenvalue weighted by Gasteiger charge is 2.13. The number of benzene rings is 2. The summed E-state index contributed by atoms with van der Waals surface area (Å²) in [6.07, 6.45) is 0. The zero-order valence-electron chi connectivity index (χ0n) is 12.2. The molecule has 0 fully saturated rings. The topological polar surface area (TPSA) is 93.2 Å². The summed E-state index contributed by atoms with van der Waals surface area (Å²) in [7, 11) is 0. The van der Waals surface area contributed by atoms with Crippen molar-refractivity contribution in [2.75, 3.05) is 6.61 Å². The fraction of sp³-hybridized carbons (Fsp3) is 0.118. The number of thioether (sulfide) groups is 1. The highest BCUT2D eigenvalue weighted by atomic mass is 32.2. The first kappa shape index (κ1) is 16.6. The molecule has 23 heavy (non-hydrogen) atoms. The quantitative estimate of drug-likeness (QED) is 0.650. The van der Waals surface area contributed by atoms with Gasteiger partial charge in [0.25, 0.3) is 5.91 Å². The number of hydrogen-bond acceptors (Lipinski definition) is 5. The van der Waals surface area contributed by atoms with Crippen LogP contribution in [-0.2, 0) is 15.3 Å². The number of carbonyl (C=O) groups excluding carboxylic acids is 2. The van der Waals surface area contributed by atoms with Gasteiger partial charge in [0.1, 0.15) is 0 Å². The number of rotatable bonds is 6. The lowest BCUT2D eigenvalue weighted by Gasteiger charge is -2.08. The smallest absolute Gasteiger partial charge is 0.339 e. The molecule has 0 radical (unpaired) electrons. The molecule has 0 spiro atoms. The molecule has 0 atom stereocenters. The van der Waals surface area contributed by atoms with Crippen molar-refractivity contribution in [2.45, 2.75) is 10.6 Å². The monoisotopic (exact) mass is 326 g/mol. The summed E-state index contributed by atoms with van der Waals surface area (Å²) in [6.45, 7) is -0.437. The van der Waals surface area contributed by atoms with Gasteiger partial charge in [0, 0.05) is 10.6 Å². The van der Waals surface area contributed by atoms with Gasteiger partial charge in [-0.1, -0.05) is 24.3 Å². The third-order valence-electron chi connectivity index (χ3n) is 2.93. The van der Waals surface area contributed by atoms with Crippen LogP contribution in [0.1, 0.15) is 21.5 Å². The summed E-state index contributed by atoms with van der Waals surface area (Å²) < 4.78 is 4.85. The van der Waals surface area contributed by atoms with Crippen LogP contribution < -0.4 is 5.73 Å². The number of hydrogen-bond donors (Lipinski definition) is 1. The first-order valence-corrected chi connectivity index (χ1v) is 7.75. The van der Waals surface area contributed by atoms with Gasteiger partial charge in [-0.15, -0.1) is 11.8 Å². The predicted octanol–water partition coefficient (Wildman–Crippen LogP) is 2.49. The second-order valence-electron chi connectivity index (χ2n) is 4.64. The van der Waals surface area contributed by atoms with Gasteiger partial charge in [-0.2, -0.15) is 5.26 Å². The second-order valence-corrected chi connectivity index (χ2v) is 5.65. The fourth-order valence-electron chi connectivity index (χ4n) is 1.81. The molecule has 0 aliphatic carbocycles. The molecular weight excluding hydrogens is 312 g/mol. The number of nitrogens with zero attached hydrogens (tertiary/aromatic N) is 1. The molecule has 0 aliphatic heterocycles. The summed E-state index contributed by atoms with van der Waals surface area (Å²) >= 11 is 1.48. The summed E-state index contributed by atoms with van der Waals surface area (Å²) in [5.41, 5.74) is 7.01. The molecule has 0 aliphatic rings. The van der Waals surface area contributed by atoms with Crippen molar-refractivity contribution >= 4 is 23.6 Å². The van der Waals surface area contributed by atoms with Gasteiger partial charge >= 0.3 is 5.97 Å². The highest BCUT2D eigenvalue weighted by molar-refractivity contribution is 7.98. The van der Waals surface area contributed by atoms with Crippen LogP contribution in [0.25, 0.3) is 0 Å². The maximum Gasteiger partial charge on any atom is 0.339 e. The van der Waals surface area contributed by atoms with Crippen LogP contribution in [0.4, 0.5) is 0 Å². The molecule has 2 aromatic rings. The molecule has 0 aromatic heterocycles. The third kappa shape index (κ3) is 4.87. The Labute approximate surface area is 138 Å². The first-order valence-electron chi connectivity index (χ1n) is 6.76. The lowest BCUT2D eigenvalue weighted by atomic mass is 10.2. The maximum atomic E-state index is 12.0. The van der Waals surface area contributed by atoms with Gasteiger partial charge < -0.3 is 10.5 Å². The lowest BCUT2D eigenvalue weighted by Crippen LogP contribution is -2.21. The van der Waals surface area contributed by atoms with Crippen molar-refractivity contribution in [2.24, 2.45) is 5.73 Å². The van der Waals surface area contributed by atoms with E-state index in [1.54, 1.807) is 24.3 Å². The van der Waals surface area contributed by atoms with Crippen LogP contribution in [0.3, 0.4) is 0 Å². The molecule has 0 unspecified atom stereocenters. The molecule has 116 valence electrons. The Bertz CT molecular complexity index is 751. The van der Waals surface area contributed by atoms with Gasteiger partial charge in [0.05, 0.1) is 17.2 Å². The normalized spacial score (nSPS) is 9.87. The molecule has 0 heterocycles. The second kappa shape index (κ2) is 8.01. The molecule has 2 aromatic carbocycles. The van der Waals surface area contributed by atoms with Crippen molar-refractivity contribution in [3.8, 4) is 6.07 Å². The van der Waals surface area contributed by atoms with Crippen LogP contribution in [0.5, 0.6) is 0 Å². The molecule has 6 heteroatoms. The zero-order chi connectivity index (χ0) is 16.7. The zero-order valence-corrected chi connectivity index (χ0v) is 13.0. The number of primary amides is 1. The molecule has 2 rings (SSSR count). The van der Waals surface area contributed by atoms with E-state index >= 15 is 0 Å². The summed E-state index contributed by atoms with van der Waals surface area (Å²) in [4.78, 5) is 23.4.